The number of thiazole rings is 1. The Kier molecular flexibility index (Phi) is 6.38. The Morgan fingerprint density at radius 1 is 1.14 bits per heavy atom. The van der Waals surface area contributed by atoms with Crippen molar-refractivity contribution in [3.63, 3.8) is 0 Å². The van der Waals surface area contributed by atoms with Gasteiger partial charge < -0.3 is 10.2 Å². The highest BCUT2D eigenvalue weighted by atomic mass is 32.1. The van der Waals surface area contributed by atoms with Crippen molar-refractivity contribution >= 4 is 23.1 Å². The van der Waals surface area contributed by atoms with E-state index in [1.807, 2.05) is 48.5 Å². The lowest BCUT2D eigenvalue weighted by Crippen LogP contribution is -2.39. The highest BCUT2D eigenvalue weighted by molar-refractivity contribution is 7.13. The van der Waals surface area contributed by atoms with Crippen LogP contribution in [-0.4, -0.2) is 22.0 Å². The highest BCUT2D eigenvalue weighted by Crippen LogP contribution is 2.25. The van der Waals surface area contributed by atoms with Gasteiger partial charge in [-0.2, -0.15) is 0 Å². The molecule has 152 valence electrons. The molecule has 1 heterocycles. The fourth-order valence-electron chi connectivity index (χ4n) is 3.10. The fraction of sp³-hybridized carbons (Fsp3) is 0.333. The minimum Gasteiger partial charge on any atom is -0.318 e. The molecule has 3 rings (SSSR count). The Morgan fingerprint density at radius 3 is 2.45 bits per heavy atom. The van der Waals surface area contributed by atoms with Crippen LogP contribution < -0.4 is 5.32 Å². The quantitative estimate of drug-likeness (QED) is 0.521. The number of urea groups is 1. The largest absolute Gasteiger partial charge is 0.322 e. The van der Waals surface area contributed by atoms with Crippen molar-refractivity contribution in [2.75, 3.05) is 5.32 Å². The first-order chi connectivity index (χ1) is 13.7. The summed E-state index contributed by atoms with van der Waals surface area (Å²) in [5.74, 6) is 0. The monoisotopic (exact) mass is 407 g/mol. The third-order valence-corrected chi connectivity index (χ3v) is 5.67. The Morgan fingerprint density at radius 2 is 1.86 bits per heavy atom. The van der Waals surface area contributed by atoms with Crippen LogP contribution in [0.15, 0.2) is 60.1 Å². The molecule has 1 N–H and O–H groups in total. The number of anilines is 1. The van der Waals surface area contributed by atoms with Crippen LogP contribution in [0.25, 0.3) is 10.6 Å². The van der Waals surface area contributed by atoms with Gasteiger partial charge >= 0.3 is 6.03 Å². The summed E-state index contributed by atoms with van der Waals surface area (Å²) in [6, 6.07) is 16.3. The molecule has 29 heavy (non-hydrogen) atoms. The number of hydrogen-bond acceptors (Lipinski definition) is 3. The predicted octanol–water partition coefficient (Wildman–Crippen LogP) is 6.55. The highest BCUT2D eigenvalue weighted by Gasteiger charge is 2.19. The van der Waals surface area contributed by atoms with Gasteiger partial charge in [0.05, 0.1) is 0 Å². The van der Waals surface area contributed by atoms with Gasteiger partial charge in [-0.25, -0.2) is 9.78 Å². The van der Waals surface area contributed by atoms with Crippen LogP contribution in [0.5, 0.6) is 0 Å². The van der Waals surface area contributed by atoms with Gasteiger partial charge in [-0.1, -0.05) is 51.1 Å². The molecule has 3 aromatic rings. The first-order valence-electron chi connectivity index (χ1n) is 9.91. The van der Waals surface area contributed by atoms with Crippen LogP contribution in [0.4, 0.5) is 10.5 Å². The molecule has 0 unspecified atom stereocenters. The molecule has 0 radical (unpaired) electrons. The number of aromatic nitrogens is 1. The number of carbonyl (C=O) groups is 1. The van der Waals surface area contributed by atoms with Crippen molar-refractivity contribution in [2.45, 2.75) is 52.6 Å². The topological polar surface area (TPSA) is 45.2 Å². The van der Waals surface area contributed by atoms with Crippen molar-refractivity contribution in [3.05, 3.63) is 71.2 Å². The maximum atomic E-state index is 13.0. The number of nitrogens with zero attached hydrogens (tertiary/aromatic N) is 2. The van der Waals surface area contributed by atoms with E-state index in [0.717, 1.165) is 21.8 Å². The molecule has 2 aromatic carbocycles. The minimum absolute atomic E-state index is 0.0763. The molecule has 0 aliphatic heterocycles. The molecule has 2 amide bonds. The molecular formula is C24H29N3OS. The number of hydrogen-bond donors (Lipinski definition) is 1. The summed E-state index contributed by atoms with van der Waals surface area (Å²) in [6.07, 6.45) is 1.81. The lowest BCUT2D eigenvalue weighted by atomic mass is 9.87. The zero-order valence-electron chi connectivity index (χ0n) is 17.8. The summed E-state index contributed by atoms with van der Waals surface area (Å²) < 4.78 is 0. The zero-order valence-corrected chi connectivity index (χ0v) is 18.6. The summed E-state index contributed by atoms with van der Waals surface area (Å²) in [5.41, 5.74) is 4.32. The second-order valence-corrected chi connectivity index (χ2v) is 9.41. The van der Waals surface area contributed by atoms with E-state index in [-0.39, 0.29) is 17.5 Å². The molecule has 0 saturated carbocycles. The van der Waals surface area contributed by atoms with Crippen molar-refractivity contribution in [1.82, 2.24) is 9.88 Å². The molecule has 1 aromatic heterocycles. The summed E-state index contributed by atoms with van der Waals surface area (Å²) >= 11 is 1.62. The number of carbonyl (C=O) groups excluding carboxylic acids is 1. The van der Waals surface area contributed by atoms with Gasteiger partial charge in [0.1, 0.15) is 5.01 Å². The molecule has 0 saturated heterocycles. The van der Waals surface area contributed by atoms with Gasteiger partial charge in [0.25, 0.3) is 0 Å². The Bertz CT molecular complexity index is 941. The lowest BCUT2D eigenvalue weighted by Gasteiger charge is -2.27. The normalized spacial score (nSPS) is 11.5. The molecule has 0 bridgehead atoms. The molecule has 0 aliphatic rings. The SMILES string of the molecule is CC(C)N(Cc1cccc(-c2nccs2)c1)C(=O)Nc1ccc(C(C)(C)C)cc1. The summed E-state index contributed by atoms with van der Waals surface area (Å²) in [7, 11) is 0. The number of amides is 2. The van der Waals surface area contributed by atoms with Gasteiger partial charge in [0.15, 0.2) is 0 Å². The Hall–Kier alpha value is -2.66. The van der Waals surface area contributed by atoms with Gasteiger partial charge in [-0.15, -0.1) is 11.3 Å². The summed E-state index contributed by atoms with van der Waals surface area (Å²) in [5, 5.41) is 6.01. The van der Waals surface area contributed by atoms with Gasteiger partial charge in [0.2, 0.25) is 0 Å². The van der Waals surface area contributed by atoms with E-state index < -0.39 is 0 Å². The summed E-state index contributed by atoms with van der Waals surface area (Å²) in [6.45, 7) is 11.2. The minimum atomic E-state index is -0.0943. The molecule has 0 atom stereocenters. The van der Waals surface area contributed by atoms with Crippen molar-refractivity contribution in [1.29, 1.82) is 0 Å². The molecule has 5 heteroatoms. The third kappa shape index (κ3) is 5.45. The van der Waals surface area contributed by atoms with Crippen molar-refractivity contribution < 1.29 is 4.79 Å². The van der Waals surface area contributed by atoms with E-state index in [1.54, 1.807) is 11.3 Å². The average molecular weight is 408 g/mol. The standard InChI is InChI=1S/C24H29N3OS/c1-17(2)27(16-18-7-6-8-19(15-18)22-25-13-14-29-22)23(28)26-21-11-9-20(10-12-21)24(3,4)5/h6-15,17H,16H2,1-5H3,(H,26,28). The van der Waals surface area contributed by atoms with Crippen LogP contribution >= 0.6 is 11.3 Å². The fourth-order valence-corrected chi connectivity index (χ4v) is 3.74. The molecule has 4 nitrogen and oxygen atoms in total. The maximum absolute atomic E-state index is 13.0. The smallest absolute Gasteiger partial charge is 0.318 e. The Balaban J connectivity index is 1.73. The van der Waals surface area contributed by atoms with E-state index in [2.05, 4.69) is 61.4 Å². The average Bonchev–Trinajstić information content (AvgIpc) is 3.20. The van der Waals surface area contributed by atoms with Crippen molar-refractivity contribution in [2.24, 2.45) is 0 Å². The van der Waals surface area contributed by atoms with Crippen molar-refractivity contribution in [3.8, 4) is 10.6 Å². The molecule has 0 fully saturated rings. The van der Waals surface area contributed by atoms with Gasteiger partial charge in [0, 0.05) is 35.4 Å². The van der Waals surface area contributed by atoms with Crippen LogP contribution in [0, 0.1) is 0 Å². The second-order valence-electron chi connectivity index (χ2n) is 8.52. The van der Waals surface area contributed by atoms with Crippen LogP contribution in [0.2, 0.25) is 0 Å². The third-order valence-electron chi connectivity index (χ3n) is 4.85. The van der Waals surface area contributed by atoms with Crippen LogP contribution in [0.1, 0.15) is 45.7 Å². The second kappa shape index (κ2) is 8.78. The van der Waals surface area contributed by atoms with Gasteiger partial charge in [-0.3, -0.25) is 0 Å². The number of nitrogens with one attached hydrogen (secondary N) is 1. The molecular weight excluding hydrogens is 378 g/mol. The zero-order chi connectivity index (χ0) is 21.0. The first-order valence-corrected chi connectivity index (χ1v) is 10.8. The van der Waals surface area contributed by atoms with E-state index in [4.69, 9.17) is 0 Å². The number of benzene rings is 2. The lowest BCUT2D eigenvalue weighted by molar-refractivity contribution is 0.193. The van der Waals surface area contributed by atoms with E-state index in [9.17, 15) is 4.79 Å². The van der Waals surface area contributed by atoms with E-state index in [0.29, 0.717) is 6.54 Å². The van der Waals surface area contributed by atoms with E-state index >= 15 is 0 Å². The first kappa shape index (κ1) is 21.1. The number of rotatable bonds is 5. The maximum Gasteiger partial charge on any atom is 0.322 e. The van der Waals surface area contributed by atoms with Crippen LogP contribution in [0.3, 0.4) is 0 Å². The Labute approximate surface area is 177 Å². The predicted molar refractivity (Wildman–Crippen MR) is 122 cm³/mol. The molecule has 0 aliphatic carbocycles. The summed E-state index contributed by atoms with van der Waals surface area (Å²) in [4.78, 5) is 19.2. The molecule has 0 spiro atoms. The van der Waals surface area contributed by atoms with Crippen LogP contribution in [-0.2, 0) is 12.0 Å². The van der Waals surface area contributed by atoms with E-state index in [1.165, 1.54) is 5.56 Å². The van der Waals surface area contributed by atoms with Gasteiger partial charge in [-0.05, 0) is 48.6 Å².